The zero-order valence-corrected chi connectivity index (χ0v) is 9.02. The van der Waals surface area contributed by atoms with Gasteiger partial charge in [0, 0.05) is 11.6 Å². The maximum Gasteiger partial charge on any atom is 0.145 e. The summed E-state index contributed by atoms with van der Waals surface area (Å²) in [5.74, 6) is -1.28. The van der Waals surface area contributed by atoms with Crippen LogP contribution in [0.15, 0.2) is 16.6 Å². The molecule has 0 heterocycles. The van der Waals surface area contributed by atoms with Gasteiger partial charge in [-0.3, -0.25) is 0 Å². The maximum absolute atomic E-state index is 13.4. The second-order valence-electron chi connectivity index (χ2n) is 2.94. The molecule has 0 saturated heterocycles. The first-order valence-corrected chi connectivity index (χ1v) is 4.96. The van der Waals surface area contributed by atoms with Gasteiger partial charge in [0.2, 0.25) is 0 Å². The Kier molecular flexibility index (Phi) is 3.97. The molecule has 0 bridgehead atoms. The number of rotatable bonds is 3. The average Bonchev–Trinajstić information content (AvgIpc) is 2.13. The van der Waals surface area contributed by atoms with E-state index in [9.17, 15) is 8.78 Å². The predicted molar refractivity (Wildman–Crippen MR) is 54.7 cm³/mol. The minimum absolute atomic E-state index is 0.107. The van der Waals surface area contributed by atoms with Crippen LogP contribution in [0.3, 0.4) is 0 Å². The summed E-state index contributed by atoms with van der Waals surface area (Å²) in [6, 6.07) is 1.79. The van der Waals surface area contributed by atoms with E-state index in [1.165, 1.54) is 12.1 Å². The van der Waals surface area contributed by atoms with Gasteiger partial charge in [-0.25, -0.2) is 8.78 Å². The fourth-order valence-corrected chi connectivity index (χ4v) is 1.55. The molecule has 0 amide bonds. The Balaban J connectivity index is 3.11. The van der Waals surface area contributed by atoms with E-state index in [2.05, 4.69) is 15.9 Å². The van der Waals surface area contributed by atoms with Crippen molar-refractivity contribution in [3.05, 3.63) is 33.8 Å². The lowest BCUT2D eigenvalue weighted by atomic mass is 10.0. The van der Waals surface area contributed by atoms with Crippen LogP contribution in [0.4, 0.5) is 8.78 Å². The lowest BCUT2D eigenvalue weighted by molar-refractivity contribution is 0.511. The summed E-state index contributed by atoms with van der Waals surface area (Å²) >= 11 is 2.97. The molecule has 0 radical (unpaired) electrons. The smallest absolute Gasteiger partial charge is 0.145 e. The molecule has 14 heavy (non-hydrogen) atoms. The number of hydrogen-bond acceptors (Lipinski definition) is 2. The Morgan fingerprint density at radius 3 is 2.57 bits per heavy atom. The van der Waals surface area contributed by atoms with E-state index in [1.54, 1.807) is 0 Å². The topological polar surface area (TPSA) is 52.0 Å². The van der Waals surface area contributed by atoms with Gasteiger partial charge < -0.3 is 11.5 Å². The van der Waals surface area contributed by atoms with Crippen molar-refractivity contribution in [3.8, 4) is 0 Å². The molecule has 1 rings (SSSR count). The van der Waals surface area contributed by atoms with E-state index in [1.807, 2.05) is 0 Å². The van der Waals surface area contributed by atoms with Crippen LogP contribution in [0.1, 0.15) is 18.0 Å². The van der Waals surface area contributed by atoms with Crippen LogP contribution < -0.4 is 11.5 Å². The van der Waals surface area contributed by atoms with E-state index in [0.29, 0.717) is 13.0 Å². The fraction of sp³-hybridized carbons (Fsp3) is 0.333. The molecule has 78 valence electrons. The monoisotopic (exact) mass is 264 g/mol. The number of benzene rings is 1. The first-order valence-electron chi connectivity index (χ1n) is 4.17. The van der Waals surface area contributed by atoms with Gasteiger partial charge >= 0.3 is 0 Å². The van der Waals surface area contributed by atoms with Gasteiger partial charge in [-0.05, 0) is 41.0 Å². The second kappa shape index (κ2) is 4.82. The summed E-state index contributed by atoms with van der Waals surface area (Å²) in [6.07, 6.45) is 0.351. The van der Waals surface area contributed by atoms with Crippen LogP contribution in [0, 0.1) is 11.6 Å². The molecule has 2 nitrogen and oxygen atoms in total. The number of nitrogens with two attached hydrogens (primary N) is 2. The standard InChI is InChI=1S/C9H11BrF2N2/c10-5-1-2-6(11)8(9(5)12)7(14)3-4-13/h1-2,7H,3-4,13-14H2/t7-/m1/s1. The quantitative estimate of drug-likeness (QED) is 0.822. The molecule has 0 aromatic heterocycles. The van der Waals surface area contributed by atoms with E-state index in [-0.39, 0.29) is 10.0 Å². The Morgan fingerprint density at radius 2 is 2.00 bits per heavy atom. The van der Waals surface area contributed by atoms with Gasteiger partial charge in [0.15, 0.2) is 0 Å². The van der Waals surface area contributed by atoms with Crippen molar-refractivity contribution in [2.75, 3.05) is 6.54 Å². The molecule has 0 aliphatic rings. The van der Waals surface area contributed by atoms with Gasteiger partial charge in [-0.2, -0.15) is 0 Å². The molecule has 1 aromatic carbocycles. The predicted octanol–water partition coefficient (Wildman–Crippen LogP) is 2.08. The second-order valence-corrected chi connectivity index (χ2v) is 3.80. The summed E-state index contributed by atoms with van der Waals surface area (Å²) < 4.78 is 26.9. The molecule has 1 atom stereocenters. The molecule has 0 aliphatic carbocycles. The van der Waals surface area contributed by atoms with Crippen molar-refractivity contribution in [1.82, 2.24) is 0 Å². The molecule has 0 saturated carbocycles. The van der Waals surface area contributed by atoms with Crippen molar-refractivity contribution >= 4 is 15.9 Å². The summed E-state index contributed by atoms with van der Waals surface area (Å²) in [7, 11) is 0. The zero-order chi connectivity index (χ0) is 10.7. The molecule has 0 aliphatic heterocycles. The highest BCUT2D eigenvalue weighted by Crippen LogP contribution is 2.26. The summed E-state index contributed by atoms with van der Waals surface area (Å²) in [5.41, 5.74) is 10.8. The third-order valence-electron chi connectivity index (χ3n) is 1.93. The fourth-order valence-electron chi connectivity index (χ4n) is 1.21. The minimum Gasteiger partial charge on any atom is -0.330 e. The van der Waals surface area contributed by atoms with Crippen molar-refractivity contribution in [3.63, 3.8) is 0 Å². The zero-order valence-electron chi connectivity index (χ0n) is 7.43. The third-order valence-corrected chi connectivity index (χ3v) is 2.54. The van der Waals surface area contributed by atoms with Crippen LogP contribution in [0.2, 0.25) is 0 Å². The van der Waals surface area contributed by atoms with Crippen molar-refractivity contribution in [2.24, 2.45) is 11.5 Å². The van der Waals surface area contributed by atoms with E-state index < -0.39 is 17.7 Å². The third kappa shape index (κ3) is 2.29. The Labute approximate surface area is 89.4 Å². The summed E-state index contributed by atoms with van der Waals surface area (Å²) in [4.78, 5) is 0. The first kappa shape index (κ1) is 11.6. The van der Waals surface area contributed by atoms with Crippen LogP contribution in [-0.4, -0.2) is 6.54 Å². The van der Waals surface area contributed by atoms with Crippen LogP contribution >= 0.6 is 15.9 Å². The summed E-state index contributed by atoms with van der Waals surface area (Å²) in [6.45, 7) is 0.298. The molecule has 0 fully saturated rings. The molecular formula is C9H11BrF2N2. The average molecular weight is 265 g/mol. The van der Waals surface area contributed by atoms with Crippen molar-refractivity contribution in [2.45, 2.75) is 12.5 Å². The van der Waals surface area contributed by atoms with E-state index in [4.69, 9.17) is 11.5 Å². The van der Waals surface area contributed by atoms with Gasteiger partial charge in [0.1, 0.15) is 11.6 Å². The van der Waals surface area contributed by atoms with Gasteiger partial charge in [0.05, 0.1) is 4.47 Å². The number of halogens is 3. The Bertz CT molecular complexity index is 331. The molecular weight excluding hydrogens is 254 g/mol. The molecule has 0 spiro atoms. The number of hydrogen-bond donors (Lipinski definition) is 2. The first-order chi connectivity index (χ1) is 6.57. The molecule has 1 aromatic rings. The van der Waals surface area contributed by atoms with Crippen LogP contribution in [-0.2, 0) is 0 Å². The van der Waals surface area contributed by atoms with Crippen molar-refractivity contribution in [1.29, 1.82) is 0 Å². The van der Waals surface area contributed by atoms with Crippen LogP contribution in [0.5, 0.6) is 0 Å². The Hall–Kier alpha value is -0.520. The highest BCUT2D eigenvalue weighted by atomic mass is 79.9. The highest BCUT2D eigenvalue weighted by molar-refractivity contribution is 9.10. The van der Waals surface area contributed by atoms with E-state index in [0.717, 1.165) is 0 Å². The normalized spacial score (nSPS) is 12.9. The molecule has 0 unspecified atom stereocenters. The Morgan fingerprint density at radius 1 is 1.36 bits per heavy atom. The van der Waals surface area contributed by atoms with Gasteiger partial charge in [0.25, 0.3) is 0 Å². The van der Waals surface area contributed by atoms with Gasteiger partial charge in [-0.1, -0.05) is 0 Å². The maximum atomic E-state index is 13.4. The lowest BCUT2D eigenvalue weighted by Gasteiger charge is -2.13. The molecule has 5 heteroatoms. The van der Waals surface area contributed by atoms with Crippen LogP contribution in [0.25, 0.3) is 0 Å². The summed E-state index contributed by atoms with van der Waals surface area (Å²) in [5, 5.41) is 0. The minimum atomic E-state index is -0.697. The SMILES string of the molecule is NCC[C@@H](N)c1c(F)ccc(Br)c1F. The lowest BCUT2D eigenvalue weighted by Crippen LogP contribution is -2.18. The van der Waals surface area contributed by atoms with Crippen molar-refractivity contribution < 1.29 is 8.78 Å². The largest absolute Gasteiger partial charge is 0.330 e. The molecule has 4 N–H and O–H groups in total. The van der Waals surface area contributed by atoms with E-state index >= 15 is 0 Å². The van der Waals surface area contributed by atoms with Gasteiger partial charge in [-0.15, -0.1) is 0 Å². The highest BCUT2D eigenvalue weighted by Gasteiger charge is 2.18.